The maximum atomic E-state index is 6.77. The van der Waals surface area contributed by atoms with Crippen LogP contribution in [-0.4, -0.2) is 4.57 Å². The predicted octanol–water partition coefficient (Wildman–Crippen LogP) is 17.8. The van der Waals surface area contributed by atoms with Crippen LogP contribution in [0.1, 0.15) is 36.1 Å². The highest BCUT2D eigenvalue weighted by Gasteiger charge is 2.25. The predicted molar refractivity (Wildman–Crippen MR) is 281 cm³/mol. The second kappa shape index (κ2) is 14.7. The van der Waals surface area contributed by atoms with Gasteiger partial charge < -0.3 is 8.98 Å². The lowest BCUT2D eigenvalue weighted by molar-refractivity contribution is 0.669. The Morgan fingerprint density at radius 1 is 0.394 bits per heavy atom. The minimum Gasteiger partial charge on any atom is -0.456 e. The van der Waals surface area contributed by atoms with Gasteiger partial charge in [-0.2, -0.15) is 0 Å². The molecule has 2 aliphatic rings. The summed E-state index contributed by atoms with van der Waals surface area (Å²) in [6.07, 6.45) is 13.6. The summed E-state index contributed by atoms with van der Waals surface area (Å²) in [6, 6.07) is 69.2. The maximum Gasteiger partial charge on any atom is 0.136 e. The molecule has 0 aliphatic heterocycles. The molecule has 0 radical (unpaired) electrons. The number of aromatic nitrogens is 1. The van der Waals surface area contributed by atoms with E-state index in [-0.39, 0.29) is 0 Å². The van der Waals surface area contributed by atoms with E-state index in [1.165, 1.54) is 115 Å². The number of para-hydroxylation sites is 1. The van der Waals surface area contributed by atoms with Crippen LogP contribution in [0.2, 0.25) is 0 Å². The van der Waals surface area contributed by atoms with Crippen molar-refractivity contribution in [1.29, 1.82) is 0 Å². The minimum atomic E-state index is 0.892. The average Bonchev–Trinajstić information content (AvgIpc) is 3.93. The zero-order valence-electron chi connectivity index (χ0n) is 36.4. The number of nitrogens with zero attached hydrogens (tertiary/aromatic N) is 1. The van der Waals surface area contributed by atoms with Gasteiger partial charge in [-0.15, -0.1) is 0 Å². The smallest absolute Gasteiger partial charge is 0.136 e. The van der Waals surface area contributed by atoms with Crippen molar-refractivity contribution in [1.82, 2.24) is 4.57 Å². The lowest BCUT2D eigenvalue weighted by Crippen LogP contribution is -2.05. The first-order valence-electron chi connectivity index (χ1n) is 23.4. The van der Waals surface area contributed by atoms with Crippen LogP contribution in [0.5, 0.6) is 0 Å². The average molecular weight is 842 g/mol. The molecule has 2 aliphatic carbocycles. The van der Waals surface area contributed by atoms with Crippen LogP contribution in [0.4, 0.5) is 0 Å². The molecule has 0 saturated heterocycles. The van der Waals surface area contributed by atoms with Crippen LogP contribution < -0.4 is 0 Å². The summed E-state index contributed by atoms with van der Waals surface area (Å²) < 4.78 is 9.29. The molecule has 0 unspecified atom stereocenters. The molecule has 0 fully saturated rings. The maximum absolute atomic E-state index is 6.77. The minimum absolute atomic E-state index is 0.892. The van der Waals surface area contributed by atoms with Crippen LogP contribution in [0.15, 0.2) is 211 Å². The molecule has 310 valence electrons. The molecule has 0 N–H and O–H groups in total. The van der Waals surface area contributed by atoms with Gasteiger partial charge in [0, 0.05) is 27.5 Å². The zero-order chi connectivity index (χ0) is 43.3. The van der Waals surface area contributed by atoms with Crippen molar-refractivity contribution in [2.24, 2.45) is 0 Å². The summed E-state index contributed by atoms with van der Waals surface area (Å²) in [5.74, 6) is 0. The Morgan fingerprint density at radius 2 is 0.970 bits per heavy atom. The van der Waals surface area contributed by atoms with E-state index in [1.807, 2.05) is 0 Å². The monoisotopic (exact) mass is 841 g/mol. The molecule has 0 atom stereocenters. The first-order valence-corrected chi connectivity index (χ1v) is 23.4. The van der Waals surface area contributed by atoms with Crippen molar-refractivity contribution in [3.8, 4) is 33.4 Å². The van der Waals surface area contributed by atoms with Crippen LogP contribution in [0, 0.1) is 0 Å². The molecular weight excluding hydrogens is 799 g/mol. The van der Waals surface area contributed by atoms with Gasteiger partial charge in [-0.1, -0.05) is 176 Å². The van der Waals surface area contributed by atoms with E-state index in [9.17, 15) is 0 Å². The van der Waals surface area contributed by atoms with E-state index in [4.69, 9.17) is 4.42 Å². The third kappa shape index (κ3) is 5.48. The Morgan fingerprint density at radius 3 is 1.61 bits per heavy atom. The van der Waals surface area contributed by atoms with Crippen LogP contribution in [0.3, 0.4) is 0 Å². The van der Waals surface area contributed by atoms with E-state index in [2.05, 4.69) is 217 Å². The molecular formula is C64H43NO. The molecule has 0 bridgehead atoms. The number of hydrogen-bond donors (Lipinski definition) is 0. The van der Waals surface area contributed by atoms with E-state index < -0.39 is 0 Å². The second-order valence-electron chi connectivity index (χ2n) is 18.0. The first-order chi connectivity index (χ1) is 32.8. The third-order valence-corrected chi connectivity index (χ3v) is 14.6. The van der Waals surface area contributed by atoms with Gasteiger partial charge in [0.1, 0.15) is 11.2 Å². The van der Waals surface area contributed by atoms with Gasteiger partial charge in [-0.05, 0) is 155 Å². The number of allylic oxidation sites excluding steroid dienone is 5. The van der Waals surface area contributed by atoms with Crippen molar-refractivity contribution in [3.05, 3.63) is 223 Å². The normalized spacial score (nSPS) is 13.9. The quantitative estimate of drug-likeness (QED) is 0.158. The van der Waals surface area contributed by atoms with Crippen molar-refractivity contribution < 1.29 is 4.42 Å². The van der Waals surface area contributed by atoms with E-state index >= 15 is 0 Å². The van der Waals surface area contributed by atoms with Crippen molar-refractivity contribution in [2.75, 3.05) is 0 Å². The molecule has 2 heteroatoms. The van der Waals surface area contributed by atoms with Gasteiger partial charge in [-0.25, -0.2) is 0 Å². The topological polar surface area (TPSA) is 18.1 Å². The number of furan rings is 1. The Kier molecular flexibility index (Phi) is 8.27. The number of hydrogen-bond acceptors (Lipinski definition) is 1. The highest BCUT2D eigenvalue weighted by Crippen LogP contribution is 2.49. The van der Waals surface area contributed by atoms with E-state index in [1.54, 1.807) is 0 Å². The highest BCUT2D eigenvalue weighted by atomic mass is 16.3. The Labute approximate surface area is 382 Å². The number of fused-ring (bicyclic) bond motifs is 10. The van der Waals surface area contributed by atoms with Gasteiger partial charge in [0.15, 0.2) is 0 Å². The fraction of sp³-hybridized carbons (Fsp3) is 0.0625. The Balaban J connectivity index is 0.969. The standard InChI is InChI=1S/C64H43NO/c1-2-17-40(18-3-1)60-50-25-8-10-27-52(50)63(53-28-11-9-26-51(53)60)54-29-16-32-59-64(54)55-39-42(35-38-58(55)66-59)62-48-23-6-4-21-46(48)61(47-22-5-7-24-49(47)62)41-33-36-43(37-34-41)65-56-30-14-12-19-44(56)45-20-13-15-31-57(45)65/h1-12,14-19,21-33,35-36,38-39H,13,20,34,37H2. The third-order valence-electron chi connectivity index (χ3n) is 14.6. The zero-order valence-corrected chi connectivity index (χ0v) is 36.4. The summed E-state index contributed by atoms with van der Waals surface area (Å²) in [5, 5.41) is 13.7. The highest BCUT2D eigenvalue weighted by molar-refractivity contribution is 6.26. The number of rotatable bonds is 5. The lowest BCUT2D eigenvalue weighted by atomic mass is 9.83. The molecule has 2 nitrogen and oxygen atoms in total. The fourth-order valence-corrected chi connectivity index (χ4v) is 11.8. The van der Waals surface area contributed by atoms with Crippen LogP contribution in [0.25, 0.3) is 127 Å². The van der Waals surface area contributed by atoms with Gasteiger partial charge in [0.25, 0.3) is 0 Å². The molecule has 0 spiro atoms. The van der Waals surface area contributed by atoms with Crippen molar-refractivity contribution in [2.45, 2.75) is 25.7 Å². The van der Waals surface area contributed by atoms with Gasteiger partial charge >= 0.3 is 0 Å². The molecule has 66 heavy (non-hydrogen) atoms. The molecule has 0 saturated carbocycles. The second-order valence-corrected chi connectivity index (χ2v) is 18.0. The molecule has 10 aromatic carbocycles. The van der Waals surface area contributed by atoms with Crippen molar-refractivity contribution in [3.63, 3.8) is 0 Å². The fourth-order valence-electron chi connectivity index (χ4n) is 11.8. The SMILES string of the molecule is C1=Cc2c(c3ccccc3n2C2=CC=C(c3c4ccccc4c(-c4ccc5oc6cccc(-c7c8ccccc8c(-c8ccccc8)c8ccccc78)c6c5c4)c4ccccc34)CC2)CC1. The number of aryl methyl sites for hydroxylation is 1. The molecule has 14 rings (SSSR count). The van der Waals surface area contributed by atoms with E-state index in [0.29, 0.717) is 0 Å². The molecule has 2 aromatic heterocycles. The lowest BCUT2D eigenvalue weighted by Gasteiger charge is -2.23. The Hall–Kier alpha value is -8.20. The summed E-state index contributed by atoms with van der Waals surface area (Å²) in [6.45, 7) is 0. The largest absolute Gasteiger partial charge is 0.456 e. The molecule has 12 aromatic rings. The molecule has 0 amide bonds. The summed E-state index contributed by atoms with van der Waals surface area (Å²) >= 11 is 0. The van der Waals surface area contributed by atoms with Gasteiger partial charge in [0.05, 0.1) is 5.52 Å². The van der Waals surface area contributed by atoms with Crippen LogP contribution in [-0.2, 0) is 6.42 Å². The van der Waals surface area contributed by atoms with Gasteiger partial charge in [-0.3, -0.25) is 0 Å². The van der Waals surface area contributed by atoms with Gasteiger partial charge in [0.2, 0.25) is 0 Å². The summed E-state index contributed by atoms with van der Waals surface area (Å²) in [4.78, 5) is 0. The summed E-state index contributed by atoms with van der Waals surface area (Å²) in [7, 11) is 0. The molecule has 2 heterocycles. The van der Waals surface area contributed by atoms with Crippen LogP contribution >= 0.6 is 0 Å². The first kappa shape index (κ1) is 37.2. The summed E-state index contributed by atoms with van der Waals surface area (Å²) in [5.41, 5.74) is 17.4. The Bertz CT molecular complexity index is 3980. The number of benzene rings is 10. The van der Waals surface area contributed by atoms with Crippen molar-refractivity contribution >= 4 is 93.3 Å². The van der Waals surface area contributed by atoms with E-state index in [0.717, 1.165) is 47.6 Å².